The fourth-order valence-corrected chi connectivity index (χ4v) is 2.90. The molecule has 0 saturated heterocycles. The predicted octanol–water partition coefficient (Wildman–Crippen LogP) is 1.96. The molecule has 0 aliphatic carbocycles. The Bertz CT molecular complexity index is 542. The van der Waals surface area contributed by atoms with Crippen LogP contribution in [0.4, 0.5) is 5.69 Å². The number of amides is 1. The van der Waals surface area contributed by atoms with E-state index in [-0.39, 0.29) is 18.2 Å². The number of carboxylic acids is 1. The summed E-state index contributed by atoms with van der Waals surface area (Å²) < 4.78 is 0. The van der Waals surface area contributed by atoms with Crippen LogP contribution in [0.3, 0.4) is 0 Å². The number of benzene rings is 1. The maximum atomic E-state index is 12.5. The third-order valence-electron chi connectivity index (χ3n) is 3.80. The molecular formula is C16H22N2O3. The summed E-state index contributed by atoms with van der Waals surface area (Å²) in [5.41, 5.74) is 7.71. The van der Waals surface area contributed by atoms with E-state index in [0.717, 1.165) is 11.3 Å². The molecular weight excluding hydrogens is 268 g/mol. The van der Waals surface area contributed by atoms with Crippen molar-refractivity contribution in [1.29, 1.82) is 0 Å². The van der Waals surface area contributed by atoms with Gasteiger partial charge in [0.1, 0.15) is 0 Å². The van der Waals surface area contributed by atoms with Crippen molar-refractivity contribution in [2.24, 2.45) is 11.7 Å². The Labute approximate surface area is 124 Å². The molecule has 0 radical (unpaired) electrons. The zero-order valence-corrected chi connectivity index (χ0v) is 12.5. The molecule has 21 heavy (non-hydrogen) atoms. The fourth-order valence-electron chi connectivity index (χ4n) is 2.90. The second-order valence-corrected chi connectivity index (χ2v) is 6.04. The molecule has 1 aromatic carbocycles. The zero-order chi connectivity index (χ0) is 15.6. The van der Waals surface area contributed by atoms with Gasteiger partial charge in [-0.2, -0.15) is 0 Å². The van der Waals surface area contributed by atoms with Crippen LogP contribution in [-0.4, -0.2) is 29.6 Å². The van der Waals surface area contributed by atoms with Gasteiger partial charge < -0.3 is 15.7 Å². The maximum absolute atomic E-state index is 12.5. The van der Waals surface area contributed by atoms with Crippen LogP contribution < -0.4 is 10.6 Å². The summed E-state index contributed by atoms with van der Waals surface area (Å²) in [5, 5.41) is 9.02. The lowest BCUT2D eigenvalue weighted by atomic mass is 9.98. The third-order valence-corrected chi connectivity index (χ3v) is 3.80. The van der Waals surface area contributed by atoms with Crippen LogP contribution >= 0.6 is 0 Å². The molecule has 3 N–H and O–H groups in total. The number of rotatable bonds is 5. The maximum Gasteiger partial charge on any atom is 0.304 e. The van der Waals surface area contributed by atoms with Crippen molar-refractivity contribution in [2.75, 3.05) is 11.4 Å². The number of hydrogen-bond donors (Lipinski definition) is 2. The molecule has 0 spiro atoms. The SMILES string of the molecule is CC(C)C[C@@H](N)C(=O)N1CC(CC(=O)O)c2ccccc21. The highest BCUT2D eigenvalue weighted by atomic mass is 16.4. The average molecular weight is 290 g/mol. The summed E-state index contributed by atoms with van der Waals surface area (Å²) in [6.45, 7) is 4.45. The largest absolute Gasteiger partial charge is 0.481 e. The highest BCUT2D eigenvalue weighted by molar-refractivity contribution is 5.99. The molecule has 0 saturated carbocycles. The van der Waals surface area contributed by atoms with Crippen LogP contribution in [0.5, 0.6) is 0 Å². The lowest BCUT2D eigenvalue weighted by Crippen LogP contribution is -2.44. The van der Waals surface area contributed by atoms with Crippen LogP contribution in [0.1, 0.15) is 38.2 Å². The molecule has 0 fully saturated rings. The molecule has 5 heteroatoms. The molecule has 1 heterocycles. The number of aliphatic carboxylic acids is 1. The lowest BCUT2D eigenvalue weighted by molar-refractivity contribution is -0.137. The topological polar surface area (TPSA) is 83.6 Å². The molecule has 1 aliphatic heterocycles. The molecule has 2 rings (SSSR count). The number of carbonyl (C=O) groups is 2. The van der Waals surface area contributed by atoms with E-state index in [9.17, 15) is 9.59 Å². The second-order valence-electron chi connectivity index (χ2n) is 6.04. The van der Waals surface area contributed by atoms with E-state index in [2.05, 4.69) is 0 Å². The number of carbonyl (C=O) groups excluding carboxylic acids is 1. The van der Waals surface area contributed by atoms with Crippen molar-refractivity contribution in [3.8, 4) is 0 Å². The van der Waals surface area contributed by atoms with Crippen LogP contribution in [0.15, 0.2) is 24.3 Å². The predicted molar refractivity (Wildman–Crippen MR) is 81.2 cm³/mol. The van der Waals surface area contributed by atoms with Crippen LogP contribution in [-0.2, 0) is 9.59 Å². The van der Waals surface area contributed by atoms with Crippen molar-refractivity contribution in [3.05, 3.63) is 29.8 Å². The molecule has 1 aliphatic rings. The van der Waals surface area contributed by atoms with Crippen molar-refractivity contribution >= 4 is 17.6 Å². The van der Waals surface area contributed by atoms with E-state index >= 15 is 0 Å². The number of fused-ring (bicyclic) bond motifs is 1. The van der Waals surface area contributed by atoms with Gasteiger partial charge in [-0.15, -0.1) is 0 Å². The summed E-state index contributed by atoms with van der Waals surface area (Å²) in [6.07, 6.45) is 0.654. The molecule has 114 valence electrons. The first-order chi connectivity index (χ1) is 9.90. The van der Waals surface area contributed by atoms with Gasteiger partial charge >= 0.3 is 5.97 Å². The van der Waals surface area contributed by atoms with Gasteiger partial charge in [0.15, 0.2) is 0 Å². The van der Waals surface area contributed by atoms with Crippen molar-refractivity contribution < 1.29 is 14.7 Å². The summed E-state index contributed by atoms with van der Waals surface area (Å²) in [6, 6.07) is 6.94. The molecule has 0 aromatic heterocycles. The van der Waals surface area contributed by atoms with Gasteiger partial charge in [-0.3, -0.25) is 9.59 Å². The number of carboxylic acid groups (broad SMARTS) is 1. The first-order valence-electron chi connectivity index (χ1n) is 7.27. The average Bonchev–Trinajstić information content (AvgIpc) is 2.75. The quantitative estimate of drug-likeness (QED) is 0.868. The standard InChI is InChI=1S/C16H22N2O3/c1-10(2)7-13(17)16(21)18-9-11(8-15(19)20)12-5-3-4-6-14(12)18/h3-6,10-11,13H,7-9,17H2,1-2H3,(H,19,20)/t11?,13-/m1/s1. The Morgan fingerprint density at radius 1 is 1.38 bits per heavy atom. The van der Waals surface area contributed by atoms with E-state index < -0.39 is 12.0 Å². The summed E-state index contributed by atoms with van der Waals surface area (Å²) in [7, 11) is 0. The van der Waals surface area contributed by atoms with Crippen LogP contribution in [0.25, 0.3) is 0 Å². The van der Waals surface area contributed by atoms with E-state index in [1.165, 1.54) is 0 Å². The molecule has 1 unspecified atom stereocenters. The molecule has 1 aromatic rings. The number of hydrogen-bond acceptors (Lipinski definition) is 3. The van der Waals surface area contributed by atoms with E-state index in [0.29, 0.717) is 18.9 Å². The molecule has 2 atom stereocenters. The first-order valence-corrected chi connectivity index (χ1v) is 7.27. The van der Waals surface area contributed by atoms with Gasteiger partial charge in [-0.25, -0.2) is 0 Å². The van der Waals surface area contributed by atoms with Crippen molar-refractivity contribution in [3.63, 3.8) is 0 Å². The normalized spacial score (nSPS) is 18.7. The van der Waals surface area contributed by atoms with Crippen molar-refractivity contribution in [1.82, 2.24) is 0 Å². The van der Waals surface area contributed by atoms with E-state index in [1.54, 1.807) is 4.90 Å². The Morgan fingerprint density at radius 3 is 2.67 bits per heavy atom. The minimum absolute atomic E-state index is 0.0280. The monoisotopic (exact) mass is 290 g/mol. The zero-order valence-electron chi connectivity index (χ0n) is 12.5. The minimum Gasteiger partial charge on any atom is -0.481 e. The van der Waals surface area contributed by atoms with Gasteiger partial charge in [-0.1, -0.05) is 32.0 Å². The lowest BCUT2D eigenvalue weighted by Gasteiger charge is -2.23. The number of para-hydroxylation sites is 1. The summed E-state index contributed by atoms with van der Waals surface area (Å²) in [4.78, 5) is 25.2. The van der Waals surface area contributed by atoms with E-state index in [4.69, 9.17) is 10.8 Å². The van der Waals surface area contributed by atoms with Gasteiger partial charge in [0.25, 0.3) is 0 Å². The minimum atomic E-state index is -0.851. The first kappa shape index (κ1) is 15.5. The Balaban J connectivity index is 2.22. The smallest absolute Gasteiger partial charge is 0.304 e. The van der Waals surface area contributed by atoms with Crippen LogP contribution in [0, 0.1) is 5.92 Å². The number of nitrogens with two attached hydrogens (primary N) is 1. The third kappa shape index (κ3) is 3.42. The molecule has 1 amide bonds. The van der Waals surface area contributed by atoms with Crippen LogP contribution in [0.2, 0.25) is 0 Å². The Morgan fingerprint density at radius 2 is 2.05 bits per heavy atom. The number of nitrogens with zero attached hydrogens (tertiary/aromatic N) is 1. The second kappa shape index (κ2) is 6.26. The van der Waals surface area contributed by atoms with Gasteiger partial charge in [0, 0.05) is 18.2 Å². The highest BCUT2D eigenvalue weighted by Gasteiger charge is 2.35. The molecule has 5 nitrogen and oxygen atoms in total. The van der Waals surface area contributed by atoms with Gasteiger partial charge in [0.05, 0.1) is 12.5 Å². The summed E-state index contributed by atoms with van der Waals surface area (Å²) in [5.74, 6) is -0.787. The Kier molecular flexibility index (Phi) is 4.63. The summed E-state index contributed by atoms with van der Waals surface area (Å²) >= 11 is 0. The Hall–Kier alpha value is -1.88. The van der Waals surface area contributed by atoms with Gasteiger partial charge in [0.2, 0.25) is 5.91 Å². The van der Waals surface area contributed by atoms with Gasteiger partial charge in [-0.05, 0) is 24.0 Å². The fraction of sp³-hybridized carbons (Fsp3) is 0.500. The molecule has 0 bridgehead atoms. The number of anilines is 1. The van der Waals surface area contributed by atoms with E-state index in [1.807, 2.05) is 38.1 Å². The van der Waals surface area contributed by atoms with Crippen molar-refractivity contribution in [2.45, 2.75) is 38.6 Å². The highest BCUT2D eigenvalue weighted by Crippen LogP contribution is 2.38.